The van der Waals surface area contributed by atoms with Crippen LogP contribution in [0.25, 0.3) is 0 Å². The van der Waals surface area contributed by atoms with Crippen LogP contribution in [0.4, 0.5) is 0 Å². The summed E-state index contributed by atoms with van der Waals surface area (Å²) in [4.78, 5) is 23.8. The summed E-state index contributed by atoms with van der Waals surface area (Å²) >= 11 is 6.74. The first-order chi connectivity index (χ1) is 10.9. The number of benzene rings is 2. The lowest BCUT2D eigenvalue weighted by Gasteiger charge is -2.15. The molecule has 0 aliphatic heterocycles. The first-order valence-electron chi connectivity index (χ1n) is 7.43. The van der Waals surface area contributed by atoms with Crippen molar-refractivity contribution in [3.8, 4) is 0 Å². The van der Waals surface area contributed by atoms with Crippen LogP contribution in [0, 0.1) is 0 Å². The first kappa shape index (κ1) is 18.1. The lowest BCUT2D eigenvalue weighted by molar-refractivity contribution is 0.0934. The van der Waals surface area contributed by atoms with Crippen LogP contribution in [-0.2, 0) is 0 Å². The second-order valence-corrected chi connectivity index (χ2v) is 7.65. The Kier molecular flexibility index (Phi) is 6.31. The topological polar surface area (TPSA) is 34.1 Å². The number of hydrogen-bond donors (Lipinski definition) is 0. The lowest BCUT2D eigenvalue weighted by atomic mass is 9.98. The Morgan fingerprint density at radius 3 is 1.61 bits per heavy atom. The van der Waals surface area contributed by atoms with Gasteiger partial charge in [-0.25, -0.2) is 0 Å². The van der Waals surface area contributed by atoms with Gasteiger partial charge in [0, 0.05) is 11.1 Å². The molecule has 2 aromatic carbocycles. The highest BCUT2D eigenvalue weighted by atomic mass is 79.9. The zero-order valence-corrected chi connectivity index (χ0v) is 16.2. The molecule has 2 rings (SSSR count). The molecule has 0 bridgehead atoms. The highest BCUT2D eigenvalue weighted by molar-refractivity contribution is 9.12. The van der Waals surface area contributed by atoms with Crippen LogP contribution in [0.5, 0.6) is 0 Å². The van der Waals surface area contributed by atoms with Crippen LogP contribution >= 0.6 is 31.9 Å². The normalized spacial score (nSPS) is 13.6. The van der Waals surface area contributed by atoms with E-state index in [0.717, 1.165) is 0 Å². The van der Waals surface area contributed by atoms with E-state index in [-0.39, 0.29) is 11.6 Å². The third-order valence-electron chi connectivity index (χ3n) is 3.68. The van der Waals surface area contributed by atoms with Gasteiger partial charge in [-0.3, -0.25) is 9.59 Å². The molecule has 23 heavy (non-hydrogen) atoms. The maximum absolute atomic E-state index is 12.6. The molecule has 2 aromatic rings. The van der Waals surface area contributed by atoms with Crippen molar-refractivity contribution in [1.29, 1.82) is 0 Å². The summed E-state index contributed by atoms with van der Waals surface area (Å²) in [5.74, 6) is 0.202. The van der Waals surface area contributed by atoms with Gasteiger partial charge in [-0.2, -0.15) is 0 Å². The van der Waals surface area contributed by atoms with Crippen LogP contribution in [0.2, 0.25) is 0 Å². The quantitative estimate of drug-likeness (QED) is 0.447. The van der Waals surface area contributed by atoms with Crippen LogP contribution in [-0.4, -0.2) is 21.2 Å². The molecule has 0 amide bonds. The van der Waals surface area contributed by atoms with Gasteiger partial charge in [0.15, 0.2) is 11.6 Å². The Morgan fingerprint density at radius 2 is 1.17 bits per heavy atom. The Balaban J connectivity index is 2.14. The first-order valence-corrected chi connectivity index (χ1v) is 9.26. The van der Waals surface area contributed by atoms with E-state index in [1.54, 1.807) is 12.1 Å². The molecule has 0 heterocycles. The fraction of sp³-hybridized carbons (Fsp3) is 0.263. The van der Waals surface area contributed by atoms with Gasteiger partial charge >= 0.3 is 0 Å². The standard InChI is InChI=1S/C19H18Br2O2/c1-12(2)13-8-10-15(11-9-13)19(23)17(21)16(20)18(22)14-6-4-3-5-7-14/h3-12,16-17H,1-2H3/t16-,17-/m0/s1. The number of Topliss-reactive ketones (excluding diaryl/α,β-unsaturated/α-hetero) is 2. The highest BCUT2D eigenvalue weighted by Crippen LogP contribution is 2.24. The second-order valence-electron chi connectivity index (χ2n) is 5.67. The van der Waals surface area contributed by atoms with Gasteiger partial charge in [0.25, 0.3) is 0 Å². The van der Waals surface area contributed by atoms with Crippen molar-refractivity contribution in [2.75, 3.05) is 0 Å². The van der Waals surface area contributed by atoms with Crippen LogP contribution in [0.3, 0.4) is 0 Å². The molecule has 2 atom stereocenters. The molecule has 4 heteroatoms. The van der Waals surface area contributed by atoms with Gasteiger partial charge in [-0.15, -0.1) is 0 Å². The van der Waals surface area contributed by atoms with E-state index in [1.807, 2.05) is 42.5 Å². The highest BCUT2D eigenvalue weighted by Gasteiger charge is 2.30. The zero-order valence-electron chi connectivity index (χ0n) is 13.0. The third-order valence-corrected chi connectivity index (χ3v) is 6.28. The molecule has 2 nitrogen and oxygen atoms in total. The van der Waals surface area contributed by atoms with Crippen molar-refractivity contribution < 1.29 is 9.59 Å². The number of alkyl halides is 2. The third kappa shape index (κ3) is 4.39. The SMILES string of the molecule is CC(C)c1ccc(C(=O)[C@@H](Br)[C@H](Br)C(=O)c2ccccc2)cc1. The molecule has 0 saturated carbocycles. The van der Waals surface area contributed by atoms with Crippen molar-refractivity contribution in [3.63, 3.8) is 0 Å². The van der Waals surface area contributed by atoms with E-state index in [2.05, 4.69) is 45.7 Å². The van der Waals surface area contributed by atoms with E-state index < -0.39 is 9.65 Å². The molecule has 0 N–H and O–H groups in total. The molecule has 0 unspecified atom stereocenters. The van der Waals surface area contributed by atoms with Gasteiger partial charge in [-0.05, 0) is 11.5 Å². The zero-order chi connectivity index (χ0) is 17.0. The predicted molar refractivity (Wildman–Crippen MR) is 101 cm³/mol. The summed E-state index contributed by atoms with van der Waals surface area (Å²) in [5.41, 5.74) is 2.37. The molecule has 0 fully saturated rings. The monoisotopic (exact) mass is 436 g/mol. The van der Waals surface area contributed by atoms with Crippen LogP contribution < -0.4 is 0 Å². The molecule has 0 spiro atoms. The minimum atomic E-state index is -0.611. The summed E-state index contributed by atoms with van der Waals surface area (Å²) < 4.78 is 0. The van der Waals surface area contributed by atoms with Gasteiger partial charge in [0.2, 0.25) is 0 Å². The lowest BCUT2D eigenvalue weighted by Crippen LogP contribution is -2.31. The van der Waals surface area contributed by atoms with Gasteiger partial charge in [0.05, 0.1) is 9.65 Å². The van der Waals surface area contributed by atoms with Crippen LogP contribution in [0.15, 0.2) is 54.6 Å². The molecule has 0 aromatic heterocycles. The second kappa shape index (κ2) is 8.02. The Hall–Kier alpha value is -1.26. The average Bonchev–Trinajstić information content (AvgIpc) is 2.60. The maximum atomic E-state index is 12.6. The number of ketones is 2. The number of carbonyl (C=O) groups is 2. The van der Waals surface area contributed by atoms with Crippen molar-refractivity contribution >= 4 is 43.4 Å². The maximum Gasteiger partial charge on any atom is 0.178 e. The van der Waals surface area contributed by atoms with Crippen molar-refractivity contribution in [2.24, 2.45) is 0 Å². The van der Waals surface area contributed by atoms with Gasteiger partial charge in [-0.1, -0.05) is 100 Å². The minimum absolute atomic E-state index is 0.105. The van der Waals surface area contributed by atoms with Crippen molar-refractivity contribution in [1.82, 2.24) is 0 Å². The Bertz CT molecular complexity index is 678. The molecular weight excluding hydrogens is 420 g/mol. The van der Waals surface area contributed by atoms with Crippen molar-refractivity contribution in [2.45, 2.75) is 29.4 Å². The fourth-order valence-electron chi connectivity index (χ4n) is 2.22. The fourth-order valence-corrected chi connectivity index (χ4v) is 3.23. The summed E-state index contributed by atoms with van der Waals surface area (Å²) in [7, 11) is 0. The molecule has 0 aliphatic rings. The molecule has 0 radical (unpaired) electrons. The smallest absolute Gasteiger partial charge is 0.178 e. The average molecular weight is 438 g/mol. The van der Waals surface area contributed by atoms with Gasteiger partial charge in [0.1, 0.15) is 0 Å². The molecule has 0 aliphatic carbocycles. The predicted octanol–water partition coefficient (Wildman–Crippen LogP) is 5.40. The summed E-state index contributed by atoms with van der Waals surface area (Å²) in [6.07, 6.45) is 0. The Morgan fingerprint density at radius 1 is 0.739 bits per heavy atom. The van der Waals surface area contributed by atoms with Crippen LogP contribution in [0.1, 0.15) is 46.0 Å². The molecular formula is C19H18Br2O2. The van der Waals surface area contributed by atoms with E-state index in [9.17, 15) is 9.59 Å². The summed E-state index contributed by atoms with van der Waals surface area (Å²) in [6, 6.07) is 16.5. The Labute approximate surface area is 153 Å². The summed E-state index contributed by atoms with van der Waals surface area (Å²) in [5, 5.41) is 0. The number of halogens is 2. The van der Waals surface area contributed by atoms with Gasteiger partial charge < -0.3 is 0 Å². The number of carbonyl (C=O) groups excluding carboxylic acids is 2. The van der Waals surface area contributed by atoms with E-state index in [4.69, 9.17) is 0 Å². The molecule has 120 valence electrons. The van der Waals surface area contributed by atoms with E-state index in [0.29, 0.717) is 17.0 Å². The molecule has 0 saturated heterocycles. The van der Waals surface area contributed by atoms with E-state index >= 15 is 0 Å². The minimum Gasteiger partial charge on any atom is -0.293 e. The summed E-state index contributed by atoms with van der Waals surface area (Å²) in [6.45, 7) is 4.22. The van der Waals surface area contributed by atoms with Crippen molar-refractivity contribution in [3.05, 3.63) is 71.3 Å². The number of rotatable bonds is 6. The number of hydrogen-bond acceptors (Lipinski definition) is 2. The van der Waals surface area contributed by atoms with E-state index in [1.165, 1.54) is 5.56 Å². The largest absolute Gasteiger partial charge is 0.293 e.